The Hall–Kier alpha value is -1.15. The van der Waals surface area contributed by atoms with Crippen LogP contribution in [0.5, 0.6) is 5.75 Å². The molecule has 0 fully saturated rings. The molecule has 0 aliphatic rings. The zero-order chi connectivity index (χ0) is 12.1. The Balaban J connectivity index is 2.77. The van der Waals surface area contributed by atoms with Crippen molar-refractivity contribution in [1.82, 2.24) is 0 Å². The zero-order valence-electron chi connectivity index (χ0n) is 10.1. The van der Waals surface area contributed by atoms with E-state index in [0.29, 0.717) is 0 Å². The number of ether oxygens (including phenoxy) is 1. The third-order valence-electron chi connectivity index (χ3n) is 2.35. The second-order valence-electron chi connectivity index (χ2n) is 3.94. The van der Waals surface area contributed by atoms with Gasteiger partial charge in [0.1, 0.15) is 5.75 Å². The van der Waals surface area contributed by atoms with Crippen LogP contribution in [0.3, 0.4) is 0 Å². The smallest absolute Gasteiger partial charge is 0.143 e. The molecule has 0 aliphatic carbocycles. The fourth-order valence-corrected chi connectivity index (χ4v) is 1.53. The topological polar surface area (TPSA) is 21.3 Å². The van der Waals surface area contributed by atoms with E-state index >= 15 is 0 Å². The fourth-order valence-electron chi connectivity index (χ4n) is 1.38. The summed E-state index contributed by atoms with van der Waals surface area (Å²) in [4.78, 5) is 0. The van der Waals surface area contributed by atoms with Crippen molar-refractivity contribution in [3.63, 3.8) is 0 Å². The number of aryl methyl sites for hydroxylation is 1. The first-order valence-corrected chi connectivity index (χ1v) is 5.64. The van der Waals surface area contributed by atoms with Crippen LogP contribution in [0.25, 0.3) is 0 Å². The number of benzene rings is 1. The highest BCUT2D eigenvalue weighted by molar-refractivity contribution is 6.31. The Labute approximate surface area is 102 Å². The fraction of sp³-hybridized carbons (Fsp3) is 0.385. The maximum atomic E-state index is 6.03. The van der Waals surface area contributed by atoms with Gasteiger partial charge in [-0.2, -0.15) is 0 Å². The van der Waals surface area contributed by atoms with Crippen molar-refractivity contribution < 1.29 is 4.74 Å². The van der Waals surface area contributed by atoms with Crippen LogP contribution in [0.2, 0.25) is 5.02 Å². The van der Waals surface area contributed by atoms with Crippen molar-refractivity contribution >= 4 is 17.3 Å². The first kappa shape index (κ1) is 12.9. The van der Waals surface area contributed by atoms with Crippen LogP contribution in [-0.4, -0.2) is 13.7 Å². The van der Waals surface area contributed by atoms with E-state index in [-0.39, 0.29) is 0 Å². The van der Waals surface area contributed by atoms with Crippen LogP contribution in [0.4, 0.5) is 5.69 Å². The van der Waals surface area contributed by atoms with Gasteiger partial charge in [0.05, 0.1) is 12.8 Å². The van der Waals surface area contributed by atoms with Crippen molar-refractivity contribution in [3.05, 3.63) is 34.9 Å². The maximum absolute atomic E-state index is 6.03. The summed E-state index contributed by atoms with van der Waals surface area (Å²) in [7, 11) is 1.64. The molecule has 0 amide bonds. The van der Waals surface area contributed by atoms with Crippen molar-refractivity contribution in [2.24, 2.45) is 0 Å². The molecule has 0 bridgehead atoms. The van der Waals surface area contributed by atoms with Crippen LogP contribution in [0.1, 0.15) is 18.9 Å². The molecule has 0 atom stereocenters. The van der Waals surface area contributed by atoms with Gasteiger partial charge < -0.3 is 10.1 Å². The van der Waals surface area contributed by atoms with Gasteiger partial charge in [-0.25, -0.2) is 0 Å². The Morgan fingerprint density at radius 3 is 2.75 bits per heavy atom. The van der Waals surface area contributed by atoms with Crippen LogP contribution in [-0.2, 0) is 0 Å². The second-order valence-corrected chi connectivity index (χ2v) is 4.34. The normalized spacial score (nSPS) is 10.0. The summed E-state index contributed by atoms with van der Waals surface area (Å²) in [6, 6.07) is 3.83. The average Bonchev–Trinajstić information content (AvgIpc) is 2.22. The first-order valence-electron chi connectivity index (χ1n) is 5.27. The standard InChI is InChI=1S/C13H18ClNO/c1-9(2)5-6-15-12-7-10(3)11(14)8-13(12)16-4/h7-8,15H,1,5-6H2,2-4H3. The molecule has 0 saturated heterocycles. The second kappa shape index (κ2) is 5.80. The molecule has 0 saturated carbocycles. The zero-order valence-corrected chi connectivity index (χ0v) is 10.8. The maximum Gasteiger partial charge on any atom is 0.143 e. The summed E-state index contributed by atoms with van der Waals surface area (Å²) in [5.41, 5.74) is 3.18. The molecule has 0 aliphatic heterocycles. The first-order chi connectivity index (χ1) is 7.54. The van der Waals surface area contributed by atoms with Crippen molar-refractivity contribution in [2.45, 2.75) is 20.3 Å². The minimum Gasteiger partial charge on any atom is -0.495 e. The number of anilines is 1. The number of halogens is 1. The molecular formula is C13H18ClNO. The SMILES string of the molecule is C=C(C)CCNc1cc(C)c(Cl)cc1OC. The third kappa shape index (κ3) is 3.46. The lowest BCUT2D eigenvalue weighted by Gasteiger charge is -2.13. The van der Waals surface area contributed by atoms with E-state index in [9.17, 15) is 0 Å². The molecule has 1 aromatic rings. The highest BCUT2D eigenvalue weighted by Gasteiger charge is 2.06. The van der Waals surface area contributed by atoms with Crippen LogP contribution in [0.15, 0.2) is 24.3 Å². The minimum absolute atomic E-state index is 0.724. The number of nitrogens with one attached hydrogen (secondary N) is 1. The Morgan fingerprint density at radius 2 is 2.19 bits per heavy atom. The van der Waals surface area contributed by atoms with Gasteiger partial charge in [-0.1, -0.05) is 17.2 Å². The highest BCUT2D eigenvalue weighted by Crippen LogP contribution is 2.30. The molecule has 0 unspecified atom stereocenters. The molecular weight excluding hydrogens is 222 g/mol. The van der Waals surface area contributed by atoms with Gasteiger partial charge in [-0.15, -0.1) is 6.58 Å². The Kier molecular flexibility index (Phi) is 4.69. The van der Waals surface area contributed by atoms with Crippen LogP contribution in [0, 0.1) is 6.92 Å². The van der Waals surface area contributed by atoms with Gasteiger partial charge in [0.25, 0.3) is 0 Å². The van der Waals surface area contributed by atoms with E-state index in [1.165, 1.54) is 0 Å². The summed E-state index contributed by atoms with van der Waals surface area (Å²) < 4.78 is 5.27. The van der Waals surface area contributed by atoms with E-state index in [1.807, 2.05) is 26.0 Å². The molecule has 1 aromatic carbocycles. The lowest BCUT2D eigenvalue weighted by atomic mass is 10.2. The predicted molar refractivity (Wildman–Crippen MR) is 70.7 cm³/mol. The van der Waals surface area contributed by atoms with Gasteiger partial charge >= 0.3 is 0 Å². The molecule has 0 radical (unpaired) electrons. The molecule has 0 aromatic heterocycles. The predicted octanol–water partition coefficient (Wildman–Crippen LogP) is 4.04. The number of hydrogen-bond acceptors (Lipinski definition) is 2. The molecule has 16 heavy (non-hydrogen) atoms. The lowest BCUT2D eigenvalue weighted by molar-refractivity contribution is 0.416. The van der Waals surface area contributed by atoms with E-state index in [0.717, 1.165) is 40.6 Å². The van der Waals surface area contributed by atoms with Gasteiger partial charge in [-0.05, 0) is 31.9 Å². The summed E-state index contributed by atoms with van der Waals surface area (Å²) >= 11 is 6.03. The Morgan fingerprint density at radius 1 is 1.50 bits per heavy atom. The lowest BCUT2D eigenvalue weighted by Crippen LogP contribution is -2.03. The summed E-state index contributed by atoms with van der Waals surface area (Å²) in [5.74, 6) is 0.775. The van der Waals surface area contributed by atoms with Crippen molar-refractivity contribution in [2.75, 3.05) is 19.0 Å². The van der Waals surface area contributed by atoms with Gasteiger partial charge in [0.15, 0.2) is 0 Å². The number of methoxy groups -OCH3 is 1. The summed E-state index contributed by atoms with van der Waals surface area (Å²) in [6.45, 7) is 8.72. The minimum atomic E-state index is 0.724. The molecule has 1 rings (SSSR count). The van der Waals surface area contributed by atoms with Crippen LogP contribution < -0.4 is 10.1 Å². The third-order valence-corrected chi connectivity index (χ3v) is 2.76. The highest BCUT2D eigenvalue weighted by atomic mass is 35.5. The molecule has 1 N–H and O–H groups in total. The quantitative estimate of drug-likeness (QED) is 0.784. The van der Waals surface area contributed by atoms with Crippen molar-refractivity contribution in [1.29, 1.82) is 0 Å². The van der Waals surface area contributed by atoms with E-state index < -0.39 is 0 Å². The molecule has 0 heterocycles. The molecule has 88 valence electrons. The largest absolute Gasteiger partial charge is 0.495 e. The number of rotatable bonds is 5. The monoisotopic (exact) mass is 239 g/mol. The van der Waals surface area contributed by atoms with E-state index in [1.54, 1.807) is 7.11 Å². The molecule has 2 nitrogen and oxygen atoms in total. The number of hydrogen-bond donors (Lipinski definition) is 1. The summed E-state index contributed by atoms with van der Waals surface area (Å²) in [6.07, 6.45) is 0.949. The summed E-state index contributed by atoms with van der Waals surface area (Å²) in [5, 5.41) is 4.04. The van der Waals surface area contributed by atoms with E-state index in [2.05, 4.69) is 11.9 Å². The van der Waals surface area contributed by atoms with Crippen molar-refractivity contribution in [3.8, 4) is 5.75 Å². The van der Waals surface area contributed by atoms with Gasteiger partial charge in [0, 0.05) is 17.6 Å². The molecule has 3 heteroatoms. The Bertz CT molecular complexity index is 388. The molecule has 0 spiro atoms. The van der Waals surface area contributed by atoms with E-state index in [4.69, 9.17) is 16.3 Å². The average molecular weight is 240 g/mol. The van der Waals surface area contributed by atoms with Gasteiger partial charge in [0.2, 0.25) is 0 Å². The van der Waals surface area contributed by atoms with Crippen LogP contribution >= 0.6 is 11.6 Å². The van der Waals surface area contributed by atoms with Gasteiger partial charge in [-0.3, -0.25) is 0 Å².